The number of hydrogen-bond donors (Lipinski definition) is 1. The molecule has 1 N–H and O–H groups in total. The summed E-state index contributed by atoms with van der Waals surface area (Å²) in [5, 5.41) is 8.69. The van der Waals surface area contributed by atoms with Crippen LogP contribution in [0.25, 0.3) is 0 Å². The van der Waals surface area contributed by atoms with E-state index in [1.807, 2.05) is 6.92 Å². The minimum atomic E-state index is -0.948. The summed E-state index contributed by atoms with van der Waals surface area (Å²) < 4.78 is 0. The van der Waals surface area contributed by atoms with Gasteiger partial charge in [0.05, 0.1) is 0 Å². The Hall–Kier alpha value is -1.26. The third kappa shape index (κ3) is 3.42. The molecular formula is C10H18N2O3. The van der Waals surface area contributed by atoms with Crippen LogP contribution in [0.4, 0.5) is 4.79 Å². The summed E-state index contributed by atoms with van der Waals surface area (Å²) in [6.45, 7) is 3.79. The average molecular weight is 214 g/mol. The van der Waals surface area contributed by atoms with Gasteiger partial charge in [-0.15, -0.1) is 0 Å². The summed E-state index contributed by atoms with van der Waals surface area (Å²) >= 11 is 0. The van der Waals surface area contributed by atoms with Crippen molar-refractivity contribution in [2.24, 2.45) is 0 Å². The third-order valence-electron chi connectivity index (χ3n) is 2.47. The van der Waals surface area contributed by atoms with Gasteiger partial charge in [0.25, 0.3) is 0 Å². The van der Waals surface area contributed by atoms with E-state index in [0.29, 0.717) is 6.54 Å². The van der Waals surface area contributed by atoms with Crippen molar-refractivity contribution >= 4 is 12.0 Å². The third-order valence-corrected chi connectivity index (χ3v) is 2.47. The number of carbonyl (C=O) groups excluding carboxylic acids is 1. The van der Waals surface area contributed by atoms with Gasteiger partial charge < -0.3 is 14.9 Å². The molecule has 0 aromatic rings. The molecule has 0 aromatic heterocycles. The number of aliphatic carboxylic acids is 1. The van der Waals surface area contributed by atoms with Gasteiger partial charge in [-0.2, -0.15) is 0 Å². The lowest BCUT2D eigenvalue weighted by molar-refractivity contribution is -0.137. The van der Waals surface area contributed by atoms with Crippen LogP contribution < -0.4 is 0 Å². The Labute approximate surface area is 89.7 Å². The fourth-order valence-corrected chi connectivity index (χ4v) is 1.78. The maximum Gasteiger partial charge on any atom is 0.323 e. The van der Waals surface area contributed by atoms with Crippen LogP contribution in [0.5, 0.6) is 0 Å². The van der Waals surface area contributed by atoms with Gasteiger partial charge in [-0.05, 0) is 19.3 Å². The zero-order chi connectivity index (χ0) is 11.3. The van der Waals surface area contributed by atoms with Crippen LogP contribution in [0.15, 0.2) is 0 Å². The second-order valence-electron chi connectivity index (χ2n) is 3.79. The van der Waals surface area contributed by atoms with Crippen molar-refractivity contribution in [1.29, 1.82) is 0 Å². The molecule has 1 aliphatic rings. The lowest BCUT2D eigenvalue weighted by Crippen LogP contribution is -2.44. The summed E-state index contributed by atoms with van der Waals surface area (Å²) in [6, 6.07) is -0.128. The Morgan fingerprint density at radius 1 is 1.33 bits per heavy atom. The molecule has 0 unspecified atom stereocenters. The van der Waals surface area contributed by atoms with Crippen molar-refractivity contribution < 1.29 is 14.7 Å². The molecule has 0 spiro atoms. The average Bonchev–Trinajstić information content (AvgIpc) is 2.68. The molecule has 0 aromatic carbocycles. The number of likely N-dealkylation sites (tertiary alicyclic amines) is 1. The van der Waals surface area contributed by atoms with Crippen molar-refractivity contribution in [2.45, 2.75) is 26.2 Å². The standard InChI is InChI=1S/C10H18N2O3/c1-2-5-12(8-9(13)14)10(15)11-6-3-4-7-11/h2-8H2,1H3,(H,13,14). The summed E-state index contributed by atoms with van der Waals surface area (Å²) in [5.41, 5.74) is 0. The highest BCUT2D eigenvalue weighted by atomic mass is 16.4. The van der Waals surface area contributed by atoms with Gasteiger partial charge >= 0.3 is 12.0 Å². The van der Waals surface area contributed by atoms with Crippen LogP contribution in [-0.2, 0) is 4.79 Å². The number of hydrogen-bond acceptors (Lipinski definition) is 2. The molecule has 0 bridgehead atoms. The smallest absolute Gasteiger partial charge is 0.323 e. The fourth-order valence-electron chi connectivity index (χ4n) is 1.78. The van der Waals surface area contributed by atoms with E-state index < -0.39 is 5.97 Å². The van der Waals surface area contributed by atoms with Gasteiger partial charge in [-0.1, -0.05) is 6.92 Å². The van der Waals surface area contributed by atoms with E-state index in [1.165, 1.54) is 4.90 Å². The second-order valence-corrected chi connectivity index (χ2v) is 3.79. The molecule has 1 heterocycles. The summed E-state index contributed by atoms with van der Waals surface area (Å²) in [7, 11) is 0. The number of nitrogens with zero attached hydrogens (tertiary/aromatic N) is 2. The molecule has 1 saturated heterocycles. The molecule has 0 atom stereocenters. The lowest BCUT2D eigenvalue weighted by atomic mass is 10.4. The van der Waals surface area contributed by atoms with E-state index >= 15 is 0 Å². The zero-order valence-electron chi connectivity index (χ0n) is 9.11. The van der Waals surface area contributed by atoms with E-state index in [1.54, 1.807) is 4.90 Å². The van der Waals surface area contributed by atoms with Crippen LogP contribution in [0.3, 0.4) is 0 Å². The maximum atomic E-state index is 11.9. The van der Waals surface area contributed by atoms with Crippen molar-refractivity contribution in [3.05, 3.63) is 0 Å². The summed E-state index contributed by atoms with van der Waals surface area (Å²) in [4.78, 5) is 25.6. The number of rotatable bonds is 4. The first-order valence-electron chi connectivity index (χ1n) is 5.40. The van der Waals surface area contributed by atoms with E-state index in [-0.39, 0.29) is 12.6 Å². The topological polar surface area (TPSA) is 60.9 Å². The molecule has 5 nitrogen and oxygen atoms in total. The Balaban J connectivity index is 2.52. The van der Waals surface area contributed by atoms with Gasteiger partial charge in [0.2, 0.25) is 0 Å². The first kappa shape index (κ1) is 11.8. The molecule has 15 heavy (non-hydrogen) atoms. The van der Waals surface area contributed by atoms with Crippen LogP contribution in [0.2, 0.25) is 0 Å². The molecule has 86 valence electrons. The van der Waals surface area contributed by atoms with Crippen LogP contribution in [-0.4, -0.2) is 53.1 Å². The quantitative estimate of drug-likeness (QED) is 0.759. The van der Waals surface area contributed by atoms with Crippen LogP contribution >= 0.6 is 0 Å². The van der Waals surface area contributed by atoms with Crippen molar-refractivity contribution in [3.8, 4) is 0 Å². The molecule has 1 rings (SSSR count). The van der Waals surface area contributed by atoms with E-state index in [9.17, 15) is 9.59 Å². The van der Waals surface area contributed by atoms with Crippen molar-refractivity contribution in [2.75, 3.05) is 26.2 Å². The summed E-state index contributed by atoms with van der Waals surface area (Å²) in [6.07, 6.45) is 2.84. The predicted octanol–water partition coefficient (Wildman–Crippen LogP) is 0.999. The van der Waals surface area contributed by atoms with Crippen molar-refractivity contribution in [3.63, 3.8) is 0 Å². The molecular weight excluding hydrogens is 196 g/mol. The highest BCUT2D eigenvalue weighted by Gasteiger charge is 2.24. The number of carboxylic acids is 1. The van der Waals surface area contributed by atoms with Crippen LogP contribution in [0, 0.1) is 0 Å². The van der Waals surface area contributed by atoms with Gasteiger partial charge in [0, 0.05) is 19.6 Å². The molecule has 0 aliphatic carbocycles. The molecule has 1 fully saturated rings. The number of amides is 2. The highest BCUT2D eigenvalue weighted by Crippen LogP contribution is 2.10. The van der Waals surface area contributed by atoms with E-state index in [4.69, 9.17) is 5.11 Å². The molecule has 1 aliphatic heterocycles. The Morgan fingerprint density at radius 3 is 2.40 bits per heavy atom. The highest BCUT2D eigenvalue weighted by molar-refractivity contribution is 5.80. The van der Waals surface area contributed by atoms with E-state index in [0.717, 1.165) is 32.4 Å². The maximum absolute atomic E-state index is 11.9. The molecule has 2 amide bonds. The fraction of sp³-hybridized carbons (Fsp3) is 0.800. The second kappa shape index (κ2) is 5.58. The largest absolute Gasteiger partial charge is 0.480 e. The SMILES string of the molecule is CCCN(CC(=O)O)C(=O)N1CCCC1. The molecule has 5 heteroatoms. The Morgan fingerprint density at radius 2 is 1.93 bits per heavy atom. The Kier molecular flexibility index (Phi) is 4.39. The normalized spacial score (nSPS) is 15.4. The Bertz CT molecular complexity index is 237. The van der Waals surface area contributed by atoms with Gasteiger partial charge in [-0.25, -0.2) is 4.79 Å². The van der Waals surface area contributed by atoms with Crippen molar-refractivity contribution in [1.82, 2.24) is 9.80 Å². The van der Waals surface area contributed by atoms with Gasteiger partial charge in [0.15, 0.2) is 0 Å². The minimum Gasteiger partial charge on any atom is -0.480 e. The number of carbonyl (C=O) groups is 2. The van der Waals surface area contributed by atoms with Gasteiger partial charge in [0.1, 0.15) is 6.54 Å². The monoisotopic (exact) mass is 214 g/mol. The first-order valence-corrected chi connectivity index (χ1v) is 5.40. The number of carboxylic acid groups (broad SMARTS) is 1. The lowest BCUT2D eigenvalue weighted by Gasteiger charge is -2.26. The molecule has 0 saturated carbocycles. The minimum absolute atomic E-state index is 0.128. The zero-order valence-corrected chi connectivity index (χ0v) is 9.11. The van der Waals surface area contributed by atoms with Gasteiger partial charge in [-0.3, -0.25) is 4.79 Å². The predicted molar refractivity (Wildman–Crippen MR) is 55.7 cm³/mol. The molecule has 0 radical (unpaired) electrons. The summed E-state index contributed by atoms with van der Waals surface area (Å²) in [5.74, 6) is -0.948. The van der Waals surface area contributed by atoms with E-state index in [2.05, 4.69) is 0 Å². The first-order chi connectivity index (χ1) is 7.15. The van der Waals surface area contributed by atoms with Crippen LogP contribution in [0.1, 0.15) is 26.2 Å². The number of urea groups is 1.